The topological polar surface area (TPSA) is 128 Å². The average Bonchev–Trinajstić information content (AvgIpc) is 3.17. The normalized spacial score (nSPS) is 30.5. The smallest absolute Gasteiger partial charge is 0.291 e. The predicted molar refractivity (Wildman–Crippen MR) is 137 cm³/mol. The van der Waals surface area contributed by atoms with Crippen LogP contribution in [0.15, 0.2) is 0 Å². The number of hydrogen-bond acceptors (Lipinski definition) is 5. The highest BCUT2D eigenvalue weighted by Gasteiger charge is 2.62. The van der Waals surface area contributed by atoms with Crippen LogP contribution in [0.25, 0.3) is 0 Å². The van der Waals surface area contributed by atoms with E-state index in [9.17, 15) is 37.1 Å². The van der Waals surface area contributed by atoms with Gasteiger partial charge in [0.2, 0.25) is 17.7 Å². The average molecular weight is 592 g/mol. The van der Waals surface area contributed by atoms with Gasteiger partial charge in [0.05, 0.1) is 12.5 Å². The van der Waals surface area contributed by atoms with Crippen LogP contribution in [0.3, 0.4) is 0 Å². The lowest BCUT2D eigenvalue weighted by atomic mass is 9.85. The number of piperidine rings is 1. The van der Waals surface area contributed by atoms with Gasteiger partial charge in [-0.05, 0) is 42.9 Å². The minimum absolute atomic E-state index is 0.0148. The number of hydrazine groups is 1. The predicted octanol–water partition coefficient (Wildman–Crippen LogP) is 1.72. The number of alkyl halides is 4. The summed E-state index contributed by atoms with van der Waals surface area (Å²) in [6.45, 7) is 5.44. The van der Waals surface area contributed by atoms with Crippen molar-refractivity contribution in [3.63, 3.8) is 0 Å². The molecule has 224 valence electrons. The Kier molecular flexibility index (Phi) is 8.64. The Morgan fingerprint density at radius 2 is 1.82 bits per heavy atom. The van der Waals surface area contributed by atoms with Crippen molar-refractivity contribution in [1.82, 2.24) is 26.0 Å². The number of carbonyl (C=O) groups is 5. The molecule has 0 bridgehead atoms. The monoisotopic (exact) mass is 591 g/mol. The zero-order chi connectivity index (χ0) is 29.6. The maximum absolute atomic E-state index is 13.9. The molecule has 4 fully saturated rings. The van der Waals surface area contributed by atoms with E-state index in [1.54, 1.807) is 20.8 Å². The number of fused-ring (bicyclic) bond motifs is 1. The van der Waals surface area contributed by atoms with E-state index in [2.05, 4.69) is 16.1 Å². The summed E-state index contributed by atoms with van der Waals surface area (Å²) in [6, 6.07) is -2.24. The minimum atomic E-state index is -3.11. The van der Waals surface area contributed by atoms with E-state index in [4.69, 9.17) is 11.6 Å². The standard InChI is InChI=1S/C26H37ClF3N5O5/c1-25(2,3)18(32-21(37)16-10-26(16,29)30)23(39)34-11-13-6-4-8-15(13)17(34)22(38)33-35(24(40)19(27)28)12-14-7-5-9-31-20(14)36/h13-19H,4-12H2,1-3H3,(H,31,36)(H,32,37)(H,33,38)/t13-,14-,15-,16?,17-,18+,19+/m0/s1. The van der Waals surface area contributed by atoms with Crippen LogP contribution in [0.5, 0.6) is 0 Å². The van der Waals surface area contributed by atoms with Gasteiger partial charge in [0.25, 0.3) is 23.4 Å². The Labute approximate surface area is 236 Å². The van der Waals surface area contributed by atoms with E-state index in [0.29, 0.717) is 30.8 Å². The molecule has 0 aromatic heterocycles. The molecule has 7 atom stereocenters. The number of nitrogens with zero attached hydrogens (tertiary/aromatic N) is 2. The molecule has 14 heteroatoms. The van der Waals surface area contributed by atoms with Crippen LogP contribution in [0.4, 0.5) is 13.2 Å². The van der Waals surface area contributed by atoms with Gasteiger partial charge in [0.1, 0.15) is 18.0 Å². The second-order valence-electron chi connectivity index (χ2n) is 12.5. The number of hydrogen-bond donors (Lipinski definition) is 3. The zero-order valence-corrected chi connectivity index (χ0v) is 23.6. The molecule has 40 heavy (non-hydrogen) atoms. The third kappa shape index (κ3) is 6.33. The van der Waals surface area contributed by atoms with Gasteiger partial charge in [-0.3, -0.25) is 29.4 Å². The van der Waals surface area contributed by atoms with Gasteiger partial charge in [-0.1, -0.05) is 38.8 Å². The molecule has 3 N–H and O–H groups in total. The lowest BCUT2D eigenvalue weighted by molar-refractivity contribution is -0.151. The number of rotatable bonds is 7. The summed E-state index contributed by atoms with van der Waals surface area (Å²) in [7, 11) is 0. The van der Waals surface area contributed by atoms with Crippen molar-refractivity contribution in [2.24, 2.45) is 29.1 Å². The molecule has 2 aliphatic carbocycles. The SMILES string of the molecule is CC(C)(C)[C@H](NC(=O)C1CC1(F)F)C(=O)N1C[C@@H]2CCC[C@@H]2[C@H]1C(=O)NN(C[C@@H]1CCCNC1=O)C(=O)[C@@H](F)Cl. The maximum atomic E-state index is 13.9. The van der Waals surface area contributed by atoms with E-state index in [1.807, 2.05) is 0 Å². The van der Waals surface area contributed by atoms with Crippen molar-refractivity contribution < 1.29 is 37.1 Å². The van der Waals surface area contributed by atoms with Crippen LogP contribution >= 0.6 is 11.6 Å². The van der Waals surface area contributed by atoms with E-state index < -0.39 is 70.9 Å². The van der Waals surface area contributed by atoms with Gasteiger partial charge < -0.3 is 15.5 Å². The molecule has 4 rings (SSSR count). The maximum Gasteiger partial charge on any atom is 0.291 e. The Morgan fingerprint density at radius 1 is 1.15 bits per heavy atom. The molecule has 0 spiro atoms. The highest BCUT2D eigenvalue weighted by molar-refractivity contribution is 6.29. The van der Waals surface area contributed by atoms with Crippen LogP contribution in [-0.4, -0.2) is 82.7 Å². The Morgan fingerprint density at radius 3 is 2.40 bits per heavy atom. The molecule has 10 nitrogen and oxygen atoms in total. The minimum Gasteiger partial charge on any atom is -0.356 e. The van der Waals surface area contributed by atoms with Crippen LogP contribution in [0, 0.1) is 29.1 Å². The third-order valence-electron chi connectivity index (χ3n) is 8.48. The van der Waals surface area contributed by atoms with Gasteiger partial charge in [0.15, 0.2) is 0 Å². The highest BCUT2D eigenvalue weighted by atomic mass is 35.5. The molecule has 1 unspecified atom stereocenters. The number of carbonyl (C=O) groups excluding carboxylic acids is 5. The third-order valence-corrected chi connectivity index (χ3v) is 8.67. The molecule has 5 amide bonds. The molecule has 0 radical (unpaired) electrons. The van der Waals surface area contributed by atoms with E-state index >= 15 is 0 Å². The van der Waals surface area contributed by atoms with Crippen molar-refractivity contribution in [3.8, 4) is 0 Å². The highest BCUT2D eigenvalue weighted by Crippen LogP contribution is 2.49. The van der Waals surface area contributed by atoms with Crippen molar-refractivity contribution in [2.75, 3.05) is 19.6 Å². The molecule has 2 aliphatic heterocycles. The fourth-order valence-electron chi connectivity index (χ4n) is 6.16. The number of halogens is 4. The second-order valence-corrected chi connectivity index (χ2v) is 12.9. The van der Waals surface area contributed by atoms with E-state index in [1.165, 1.54) is 4.90 Å². The van der Waals surface area contributed by atoms with Crippen molar-refractivity contribution >= 4 is 41.1 Å². The van der Waals surface area contributed by atoms with Gasteiger partial charge >= 0.3 is 0 Å². The number of amides is 5. The van der Waals surface area contributed by atoms with E-state index in [-0.39, 0.29) is 30.8 Å². The van der Waals surface area contributed by atoms with Gasteiger partial charge in [-0.15, -0.1) is 0 Å². The first-order valence-corrected chi connectivity index (χ1v) is 14.2. The molecule has 0 aromatic carbocycles. The molecular weight excluding hydrogens is 555 g/mol. The number of likely N-dealkylation sites (tertiary alicyclic amines) is 1. The van der Waals surface area contributed by atoms with Crippen molar-refractivity contribution in [1.29, 1.82) is 0 Å². The van der Waals surface area contributed by atoms with Gasteiger partial charge in [0, 0.05) is 19.5 Å². The molecule has 2 saturated carbocycles. The fourth-order valence-corrected chi connectivity index (χ4v) is 6.28. The fraction of sp³-hybridized carbons (Fsp3) is 0.808. The van der Waals surface area contributed by atoms with Crippen LogP contribution in [0.1, 0.15) is 59.3 Å². The lowest BCUT2D eigenvalue weighted by Gasteiger charge is -2.37. The summed E-state index contributed by atoms with van der Waals surface area (Å²) >= 11 is 5.41. The molecule has 0 aromatic rings. The molecular formula is C26H37ClF3N5O5. The second kappa shape index (κ2) is 11.4. The largest absolute Gasteiger partial charge is 0.356 e. The quantitative estimate of drug-likeness (QED) is 0.307. The Hall–Kier alpha value is -2.57. The summed E-state index contributed by atoms with van der Waals surface area (Å²) < 4.78 is 41.0. The number of nitrogens with one attached hydrogen (secondary N) is 3. The molecule has 2 saturated heterocycles. The molecule has 2 heterocycles. The van der Waals surface area contributed by atoms with Crippen molar-refractivity contribution in [2.45, 2.75) is 82.9 Å². The first-order chi connectivity index (χ1) is 18.6. The van der Waals surface area contributed by atoms with Gasteiger partial charge in [-0.2, -0.15) is 0 Å². The van der Waals surface area contributed by atoms with Crippen LogP contribution in [0.2, 0.25) is 0 Å². The molecule has 4 aliphatic rings. The Balaban J connectivity index is 1.55. The van der Waals surface area contributed by atoms with Gasteiger partial charge in [-0.25, -0.2) is 18.2 Å². The van der Waals surface area contributed by atoms with Crippen LogP contribution < -0.4 is 16.1 Å². The summed E-state index contributed by atoms with van der Waals surface area (Å²) in [6.07, 6.45) is 2.72. The summed E-state index contributed by atoms with van der Waals surface area (Å²) in [5, 5.41) is 5.87. The van der Waals surface area contributed by atoms with Crippen LogP contribution in [-0.2, 0) is 24.0 Å². The van der Waals surface area contributed by atoms with E-state index in [0.717, 1.165) is 12.8 Å². The first-order valence-electron chi connectivity index (χ1n) is 13.8. The summed E-state index contributed by atoms with van der Waals surface area (Å²) in [5.74, 6) is -9.37. The summed E-state index contributed by atoms with van der Waals surface area (Å²) in [5.41, 5.74) is -0.910. The van der Waals surface area contributed by atoms with Crippen molar-refractivity contribution in [3.05, 3.63) is 0 Å². The lowest BCUT2D eigenvalue weighted by Crippen LogP contribution is -2.61. The summed E-state index contributed by atoms with van der Waals surface area (Å²) in [4.78, 5) is 66.4. The zero-order valence-electron chi connectivity index (χ0n) is 22.9. The first kappa shape index (κ1) is 30.4. The Bertz CT molecular complexity index is 1050.